The zero-order valence-corrected chi connectivity index (χ0v) is 33.9. The highest BCUT2D eigenvalue weighted by molar-refractivity contribution is 5.76. The highest BCUT2D eigenvalue weighted by Gasteiger charge is 2.60. The van der Waals surface area contributed by atoms with Crippen molar-refractivity contribution in [1.82, 2.24) is 0 Å². The lowest BCUT2D eigenvalue weighted by Crippen LogP contribution is -2.67. The lowest BCUT2D eigenvalue weighted by molar-refractivity contribution is -0.377. The van der Waals surface area contributed by atoms with Crippen LogP contribution < -0.4 is 0 Å². The van der Waals surface area contributed by atoms with Crippen molar-refractivity contribution in [2.24, 2.45) is 0 Å². The fraction of sp³-hybridized carbons (Fsp3) is 0.340. The Morgan fingerprint density at radius 3 is 1.83 bits per heavy atom. The summed E-state index contributed by atoms with van der Waals surface area (Å²) in [4.78, 5) is 13.9. The monoisotopic (exact) mass is 784 g/mol. The molecule has 0 radical (unpaired) electrons. The second-order valence-corrected chi connectivity index (χ2v) is 14.6. The molecule has 0 N–H and O–H groups in total. The predicted octanol–water partition coefficient (Wildman–Crippen LogP) is 9.24. The molecule has 5 aromatic rings. The number of esters is 1. The molecule has 6 rings (SSSR count). The number of ether oxygens (including phenoxy) is 7. The summed E-state index contributed by atoms with van der Waals surface area (Å²) in [5.41, 5.74) is 8.21. The molecule has 8 nitrogen and oxygen atoms in total. The number of hydrogen-bond donors (Lipinski definition) is 0. The number of benzene rings is 5. The lowest BCUT2D eigenvalue weighted by atomic mass is 9.85. The van der Waals surface area contributed by atoms with E-state index in [2.05, 4.69) is 49.9 Å². The minimum absolute atomic E-state index is 0.205. The molecule has 2 unspecified atom stereocenters. The fourth-order valence-electron chi connectivity index (χ4n) is 7.38. The average molecular weight is 785 g/mol. The van der Waals surface area contributed by atoms with Gasteiger partial charge in [0.05, 0.1) is 33.5 Å². The van der Waals surface area contributed by atoms with Gasteiger partial charge in [-0.25, -0.2) is 4.79 Å². The number of aryl methyl sites for hydroxylation is 2. The SMILES string of the molecule is C=CCOCCCCc1ccc(Cc2cc([C@]3(OC)OC(C(=O)OC)[C@@H](OCc4ccccc4)C(OCc4ccccc4)[C@H]3OCc3ccccc3)ccc2C)cc1. The summed E-state index contributed by atoms with van der Waals surface area (Å²) in [6, 6.07) is 44.6. The third-order valence-electron chi connectivity index (χ3n) is 10.6. The van der Waals surface area contributed by atoms with E-state index in [1.165, 1.54) is 18.2 Å². The minimum atomic E-state index is -1.61. The van der Waals surface area contributed by atoms with Gasteiger partial charge in [0.15, 0.2) is 6.10 Å². The molecule has 1 saturated heterocycles. The van der Waals surface area contributed by atoms with Crippen LogP contribution in [0.3, 0.4) is 0 Å². The van der Waals surface area contributed by atoms with Crippen LogP contribution in [0.2, 0.25) is 0 Å². The maximum Gasteiger partial charge on any atom is 0.337 e. The van der Waals surface area contributed by atoms with Crippen LogP contribution in [0.4, 0.5) is 0 Å². The van der Waals surface area contributed by atoms with Crippen molar-refractivity contribution in [2.75, 3.05) is 27.4 Å². The van der Waals surface area contributed by atoms with Crippen LogP contribution in [0.1, 0.15) is 57.3 Å². The topological polar surface area (TPSA) is 81.7 Å². The van der Waals surface area contributed by atoms with E-state index in [-0.39, 0.29) is 19.8 Å². The van der Waals surface area contributed by atoms with Crippen LogP contribution in [-0.2, 0) is 76.4 Å². The van der Waals surface area contributed by atoms with E-state index in [1.54, 1.807) is 13.2 Å². The molecule has 8 heteroatoms. The van der Waals surface area contributed by atoms with Gasteiger partial charge in [-0.2, -0.15) is 0 Å². The van der Waals surface area contributed by atoms with E-state index >= 15 is 0 Å². The van der Waals surface area contributed by atoms with Gasteiger partial charge >= 0.3 is 5.97 Å². The summed E-state index contributed by atoms with van der Waals surface area (Å²) < 4.78 is 44.8. The summed E-state index contributed by atoms with van der Waals surface area (Å²) in [7, 11) is 2.93. The quantitative estimate of drug-likeness (QED) is 0.0414. The lowest BCUT2D eigenvalue weighted by Gasteiger charge is -2.51. The van der Waals surface area contributed by atoms with Crippen molar-refractivity contribution < 1.29 is 38.0 Å². The molecule has 58 heavy (non-hydrogen) atoms. The molecule has 0 spiro atoms. The van der Waals surface area contributed by atoms with E-state index in [4.69, 9.17) is 33.2 Å². The maximum atomic E-state index is 13.9. The Labute approximate surface area is 343 Å². The summed E-state index contributed by atoms with van der Waals surface area (Å²) in [6.45, 7) is 7.80. The Morgan fingerprint density at radius 1 is 0.690 bits per heavy atom. The summed E-state index contributed by atoms with van der Waals surface area (Å²) in [5.74, 6) is -2.21. The van der Waals surface area contributed by atoms with Crippen LogP contribution >= 0.6 is 0 Å². The molecule has 0 saturated carbocycles. The first-order valence-electron chi connectivity index (χ1n) is 20.1. The zero-order chi connectivity index (χ0) is 40.6. The van der Waals surface area contributed by atoms with E-state index in [0.717, 1.165) is 53.7 Å². The van der Waals surface area contributed by atoms with Gasteiger partial charge in [-0.15, -0.1) is 6.58 Å². The highest BCUT2D eigenvalue weighted by Crippen LogP contribution is 2.44. The number of unbranched alkanes of at least 4 members (excludes halogenated alkanes) is 1. The second-order valence-electron chi connectivity index (χ2n) is 14.6. The minimum Gasteiger partial charge on any atom is -0.467 e. The Bertz CT molecular complexity index is 1990. The molecule has 0 bridgehead atoms. The average Bonchev–Trinajstić information content (AvgIpc) is 3.27. The molecule has 1 fully saturated rings. The molecule has 0 aliphatic carbocycles. The van der Waals surface area contributed by atoms with Crippen LogP contribution in [-0.4, -0.2) is 57.8 Å². The van der Waals surface area contributed by atoms with Gasteiger partial charge in [0.25, 0.3) is 0 Å². The van der Waals surface area contributed by atoms with Gasteiger partial charge in [0.1, 0.15) is 18.3 Å². The van der Waals surface area contributed by atoms with Crippen molar-refractivity contribution >= 4 is 5.97 Å². The van der Waals surface area contributed by atoms with E-state index < -0.39 is 36.2 Å². The first-order chi connectivity index (χ1) is 28.4. The summed E-state index contributed by atoms with van der Waals surface area (Å²) >= 11 is 0. The summed E-state index contributed by atoms with van der Waals surface area (Å²) in [5, 5.41) is 0. The second kappa shape index (κ2) is 21.7. The summed E-state index contributed by atoms with van der Waals surface area (Å²) in [6.07, 6.45) is 1.62. The van der Waals surface area contributed by atoms with Crippen molar-refractivity contribution in [2.45, 2.75) is 82.6 Å². The molecular weight excluding hydrogens is 729 g/mol. The predicted molar refractivity (Wildman–Crippen MR) is 225 cm³/mol. The first-order valence-corrected chi connectivity index (χ1v) is 20.1. The molecule has 5 atom stereocenters. The van der Waals surface area contributed by atoms with Crippen molar-refractivity contribution in [3.8, 4) is 0 Å². The van der Waals surface area contributed by atoms with Gasteiger partial charge in [-0.05, 0) is 77.6 Å². The molecule has 5 aromatic carbocycles. The Kier molecular flexibility index (Phi) is 16.0. The molecule has 1 heterocycles. The largest absolute Gasteiger partial charge is 0.467 e. The van der Waals surface area contributed by atoms with Crippen LogP contribution in [0, 0.1) is 6.92 Å². The fourth-order valence-corrected chi connectivity index (χ4v) is 7.38. The van der Waals surface area contributed by atoms with Crippen molar-refractivity contribution in [3.05, 3.63) is 191 Å². The van der Waals surface area contributed by atoms with Gasteiger partial charge in [0, 0.05) is 19.3 Å². The maximum absolute atomic E-state index is 13.9. The Balaban J connectivity index is 1.36. The number of rotatable bonds is 21. The smallest absolute Gasteiger partial charge is 0.337 e. The number of hydrogen-bond acceptors (Lipinski definition) is 8. The third kappa shape index (κ3) is 11.2. The van der Waals surface area contributed by atoms with Gasteiger partial charge in [0.2, 0.25) is 5.79 Å². The Hall–Kier alpha value is -4.93. The Morgan fingerprint density at radius 2 is 1.26 bits per heavy atom. The normalized spacial score (nSPS) is 20.4. The van der Waals surface area contributed by atoms with Crippen LogP contribution in [0.15, 0.2) is 146 Å². The number of methoxy groups -OCH3 is 2. The first kappa shape index (κ1) is 42.7. The standard InChI is InChI=1S/C50H56O8/c1-5-30-54-31-16-15-17-38-25-27-39(28-26-38)32-43-33-44(29-24-37(43)2)50(53-4)48(57-36-42-22-13-8-14-23-42)46(56-35-41-20-11-7-12-21-41)45(47(58-50)49(51)52-3)55-34-40-18-9-6-10-19-40/h5-14,18-29,33,45-48H,1,15-17,30-32,34-36H2,2-4H3/t45-,46?,47?,48+,50-/m0/s1. The molecule has 1 aliphatic heterocycles. The number of carbonyl (C=O) groups is 1. The third-order valence-corrected chi connectivity index (χ3v) is 10.6. The number of carbonyl (C=O) groups excluding carboxylic acids is 1. The van der Waals surface area contributed by atoms with E-state index in [0.29, 0.717) is 18.6 Å². The molecule has 304 valence electrons. The van der Waals surface area contributed by atoms with E-state index in [1.807, 2.05) is 97.1 Å². The van der Waals surface area contributed by atoms with Crippen LogP contribution in [0.5, 0.6) is 0 Å². The van der Waals surface area contributed by atoms with Gasteiger partial charge in [-0.1, -0.05) is 133 Å². The van der Waals surface area contributed by atoms with Crippen molar-refractivity contribution in [1.29, 1.82) is 0 Å². The molecule has 0 amide bonds. The molecule has 1 aliphatic rings. The molecular formula is C50H56O8. The van der Waals surface area contributed by atoms with Gasteiger partial charge in [-0.3, -0.25) is 0 Å². The van der Waals surface area contributed by atoms with E-state index in [9.17, 15) is 4.79 Å². The molecule has 0 aromatic heterocycles. The van der Waals surface area contributed by atoms with Crippen LogP contribution in [0.25, 0.3) is 0 Å². The zero-order valence-electron chi connectivity index (χ0n) is 33.9. The van der Waals surface area contributed by atoms with Gasteiger partial charge < -0.3 is 33.2 Å². The highest BCUT2D eigenvalue weighted by atomic mass is 16.7. The van der Waals surface area contributed by atoms with Crippen molar-refractivity contribution in [3.63, 3.8) is 0 Å².